The fourth-order valence-electron chi connectivity index (χ4n) is 4.75. The number of nitrogens with two attached hydrogens (primary N) is 1. The van der Waals surface area contributed by atoms with E-state index < -0.39 is 5.91 Å². The molecule has 1 fully saturated rings. The van der Waals surface area contributed by atoms with Crippen LogP contribution in [-0.4, -0.2) is 65.7 Å². The van der Waals surface area contributed by atoms with Crippen LogP contribution in [0.5, 0.6) is 0 Å². The number of primary amides is 1. The molecular weight excluding hydrogens is 442 g/mol. The molecule has 5 rings (SSSR count). The molecule has 3 amide bonds. The summed E-state index contributed by atoms with van der Waals surface area (Å²) in [5, 5.41) is 4.54. The van der Waals surface area contributed by atoms with E-state index in [1.807, 2.05) is 53.4 Å². The minimum atomic E-state index is -0.533. The van der Waals surface area contributed by atoms with E-state index in [1.54, 1.807) is 6.07 Å². The number of H-pyrrole nitrogens is 1. The number of hydrogen-bond donors (Lipinski definition) is 3. The fraction of sp³-hybridized carbons (Fsp3) is 0.222. The summed E-state index contributed by atoms with van der Waals surface area (Å²) in [6.07, 6.45) is 0. The third kappa shape index (κ3) is 4.24. The van der Waals surface area contributed by atoms with E-state index in [2.05, 4.69) is 22.2 Å². The lowest BCUT2D eigenvalue weighted by Gasteiger charge is -2.32. The topological polar surface area (TPSA) is 112 Å². The predicted octanol–water partition coefficient (Wildman–Crippen LogP) is 3.43. The number of nitrogens with one attached hydrogen (secondary N) is 2. The largest absolute Gasteiger partial charge is 0.366 e. The number of aromatic nitrogens is 1. The molecule has 0 unspecified atom stereocenters. The second kappa shape index (κ2) is 8.88. The lowest BCUT2D eigenvalue weighted by atomic mass is 9.96. The number of amides is 3. The monoisotopic (exact) mass is 469 g/mol. The number of piperazine rings is 1. The highest BCUT2D eigenvalue weighted by Crippen LogP contribution is 2.37. The molecule has 3 aromatic carbocycles. The lowest BCUT2D eigenvalue weighted by Crippen LogP contribution is -2.47. The maximum Gasteiger partial charge on any atom is 0.254 e. The number of carbonyl (C=O) groups is 3. The van der Waals surface area contributed by atoms with Crippen LogP contribution < -0.4 is 11.1 Å². The average Bonchev–Trinajstić information content (AvgIpc) is 3.22. The first kappa shape index (κ1) is 22.6. The first-order valence-electron chi connectivity index (χ1n) is 11.6. The number of anilines is 1. The predicted molar refractivity (Wildman–Crippen MR) is 137 cm³/mol. The highest BCUT2D eigenvalue weighted by Gasteiger charge is 2.22. The molecule has 4 aromatic rings. The van der Waals surface area contributed by atoms with Crippen LogP contribution in [0.4, 0.5) is 5.69 Å². The normalized spacial score (nSPS) is 14.4. The van der Waals surface area contributed by atoms with Gasteiger partial charge in [0.1, 0.15) is 0 Å². The molecule has 178 valence electrons. The van der Waals surface area contributed by atoms with E-state index in [4.69, 9.17) is 5.73 Å². The Morgan fingerprint density at radius 3 is 2.46 bits per heavy atom. The molecule has 0 spiro atoms. The van der Waals surface area contributed by atoms with Gasteiger partial charge in [-0.2, -0.15) is 0 Å². The molecule has 1 saturated heterocycles. The first-order valence-corrected chi connectivity index (χ1v) is 11.6. The molecule has 0 atom stereocenters. The number of hydrogen-bond acceptors (Lipinski definition) is 4. The summed E-state index contributed by atoms with van der Waals surface area (Å²) in [5.41, 5.74) is 10.5. The molecule has 0 saturated carbocycles. The van der Waals surface area contributed by atoms with E-state index in [1.165, 1.54) is 6.92 Å². The summed E-state index contributed by atoms with van der Waals surface area (Å²) in [6, 6.07) is 16.7. The molecule has 2 heterocycles. The van der Waals surface area contributed by atoms with Gasteiger partial charge < -0.3 is 25.8 Å². The van der Waals surface area contributed by atoms with Crippen LogP contribution in [-0.2, 0) is 4.79 Å². The number of likely N-dealkylation sites (N-methyl/N-ethyl adjacent to an activating group) is 1. The van der Waals surface area contributed by atoms with Gasteiger partial charge >= 0.3 is 0 Å². The van der Waals surface area contributed by atoms with Crippen molar-refractivity contribution in [1.82, 2.24) is 14.8 Å². The highest BCUT2D eigenvalue weighted by molar-refractivity contribution is 6.20. The summed E-state index contributed by atoms with van der Waals surface area (Å²) in [6.45, 7) is 4.56. The van der Waals surface area contributed by atoms with Crippen LogP contribution in [0.3, 0.4) is 0 Å². The van der Waals surface area contributed by atoms with Gasteiger partial charge in [0.2, 0.25) is 5.91 Å². The smallest absolute Gasteiger partial charge is 0.254 e. The van der Waals surface area contributed by atoms with E-state index in [9.17, 15) is 14.4 Å². The van der Waals surface area contributed by atoms with Crippen molar-refractivity contribution in [2.45, 2.75) is 6.92 Å². The van der Waals surface area contributed by atoms with Gasteiger partial charge in [0, 0.05) is 60.6 Å². The minimum absolute atomic E-state index is 0.00277. The maximum atomic E-state index is 13.1. The van der Waals surface area contributed by atoms with E-state index >= 15 is 0 Å². The standard InChI is InChI=1S/C27H27N5O3/c1-16(33)29-19-5-3-4-17(14-19)20-8-9-22(26(28)34)25-24(20)21-7-6-18(15-23(21)30-25)27(35)32-12-10-31(2)11-13-32/h3-9,14-15,30H,10-13H2,1-2H3,(H2,28,34)(H,29,33). The molecule has 0 aliphatic carbocycles. The van der Waals surface area contributed by atoms with Gasteiger partial charge in [0.15, 0.2) is 0 Å². The Labute approximate surface area is 202 Å². The molecule has 35 heavy (non-hydrogen) atoms. The SMILES string of the molecule is CC(=O)Nc1cccc(-c2ccc(C(N)=O)c3[nH]c4cc(C(=O)N5CCN(C)CC5)ccc4c23)c1. The van der Waals surface area contributed by atoms with Gasteiger partial charge in [0.05, 0.1) is 11.1 Å². The Morgan fingerprint density at radius 1 is 0.971 bits per heavy atom. The van der Waals surface area contributed by atoms with Crippen molar-refractivity contribution in [3.8, 4) is 11.1 Å². The van der Waals surface area contributed by atoms with Crippen molar-refractivity contribution in [2.24, 2.45) is 5.73 Å². The van der Waals surface area contributed by atoms with Crippen molar-refractivity contribution in [2.75, 3.05) is 38.5 Å². The molecular formula is C27H27N5O3. The van der Waals surface area contributed by atoms with Gasteiger partial charge in [0.25, 0.3) is 11.8 Å². The zero-order chi connectivity index (χ0) is 24.7. The van der Waals surface area contributed by atoms with Crippen LogP contribution in [0.15, 0.2) is 54.6 Å². The second-order valence-corrected chi connectivity index (χ2v) is 9.02. The molecule has 0 radical (unpaired) electrons. The van der Waals surface area contributed by atoms with E-state index in [0.717, 1.165) is 40.5 Å². The summed E-state index contributed by atoms with van der Waals surface area (Å²) in [5.74, 6) is -0.688. The quantitative estimate of drug-likeness (QED) is 0.425. The average molecular weight is 470 g/mol. The van der Waals surface area contributed by atoms with Crippen molar-refractivity contribution < 1.29 is 14.4 Å². The van der Waals surface area contributed by atoms with Crippen molar-refractivity contribution in [3.05, 3.63) is 65.7 Å². The van der Waals surface area contributed by atoms with Gasteiger partial charge in [-0.3, -0.25) is 14.4 Å². The third-order valence-electron chi connectivity index (χ3n) is 6.55. The number of nitrogens with zero attached hydrogens (tertiary/aromatic N) is 2. The Hall–Kier alpha value is -4.17. The van der Waals surface area contributed by atoms with E-state index in [-0.39, 0.29) is 11.8 Å². The van der Waals surface area contributed by atoms with Gasteiger partial charge in [-0.1, -0.05) is 24.3 Å². The van der Waals surface area contributed by atoms with Crippen molar-refractivity contribution in [1.29, 1.82) is 0 Å². The number of carbonyl (C=O) groups excluding carboxylic acids is 3. The fourth-order valence-corrected chi connectivity index (χ4v) is 4.75. The summed E-state index contributed by atoms with van der Waals surface area (Å²) >= 11 is 0. The summed E-state index contributed by atoms with van der Waals surface area (Å²) < 4.78 is 0. The number of fused-ring (bicyclic) bond motifs is 3. The minimum Gasteiger partial charge on any atom is -0.366 e. The Bertz CT molecular complexity index is 1480. The highest BCUT2D eigenvalue weighted by atomic mass is 16.2. The van der Waals surface area contributed by atoms with Crippen LogP contribution in [0, 0.1) is 0 Å². The zero-order valence-corrected chi connectivity index (χ0v) is 19.7. The summed E-state index contributed by atoms with van der Waals surface area (Å²) in [4.78, 5) is 44.3. The Balaban J connectivity index is 1.64. The Morgan fingerprint density at radius 2 is 1.74 bits per heavy atom. The molecule has 4 N–H and O–H groups in total. The van der Waals surface area contributed by atoms with Gasteiger partial charge in [-0.05, 0) is 48.5 Å². The van der Waals surface area contributed by atoms with Gasteiger partial charge in [-0.25, -0.2) is 0 Å². The van der Waals surface area contributed by atoms with Crippen LogP contribution in [0.1, 0.15) is 27.6 Å². The molecule has 1 aliphatic heterocycles. The van der Waals surface area contributed by atoms with Crippen molar-refractivity contribution in [3.63, 3.8) is 0 Å². The van der Waals surface area contributed by atoms with Crippen LogP contribution >= 0.6 is 0 Å². The number of benzene rings is 3. The molecule has 8 heteroatoms. The summed E-state index contributed by atoms with van der Waals surface area (Å²) in [7, 11) is 2.05. The number of rotatable bonds is 4. The van der Waals surface area contributed by atoms with Gasteiger partial charge in [-0.15, -0.1) is 0 Å². The number of aromatic amines is 1. The maximum absolute atomic E-state index is 13.1. The van der Waals surface area contributed by atoms with Crippen LogP contribution in [0.25, 0.3) is 32.9 Å². The molecule has 0 bridgehead atoms. The Kier molecular flexibility index (Phi) is 5.74. The van der Waals surface area contributed by atoms with Crippen molar-refractivity contribution >= 4 is 45.2 Å². The van der Waals surface area contributed by atoms with E-state index in [0.29, 0.717) is 35.4 Å². The third-order valence-corrected chi connectivity index (χ3v) is 6.55. The van der Waals surface area contributed by atoms with Crippen LogP contribution in [0.2, 0.25) is 0 Å². The molecule has 1 aromatic heterocycles. The lowest BCUT2D eigenvalue weighted by molar-refractivity contribution is -0.114. The zero-order valence-electron chi connectivity index (χ0n) is 19.7. The molecule has 8 nitrogen and oxygen atoms in total. The second-order valence-electron chi connectivity index (χ2n) is 9.02. The first-order chi connectivity index (χ1) is 16.8. The molecule has 1 aliphatic rings.